The lowest BCUT2D eigenvalue weighted by atomic mass is 10.3. The third kappa shape index (κ3) is 2.71. The van der Waals surface area contributed by atoms with Crippen LogP contribution in [0.25, 0.3) is 0 Å². The third-order valence-corrected chi connectivity index (χ3v) is 9.75. The van der Waals surface area contributed by atoms with Crippen LogP contribution in [0.1, 0.15) is 11.5 Å². The van der Waals surface area contributed by atoms with E-state index in [2.05, 4.69) is 36.4 Å². The summed E-state index contributed by atoms with van der Waals surface area (Å²) in [7, 11) is -2.77. The molecule has 0 unspecified atom stereocenters. The monoisotopic (exact) mass is 356 g/mol. The summed E-state index contributed by atoms with van der Waals surface area (Å²) in [5.74, 6) is 0.605. The van der Waals surface area contributed by atoms with Crippen LogP contribution in [0.15, 0.2) is 114 Å². The summed E-state index contributed by atoms with van der Waals surface area (Å²) >= 11 is 0. The minimum Gasteiger partial charge on any atom is -0.467 e. The quantitative estimate of drug-likeness (QED) is 0.440. The van der Waals surface area contributed by atoms with Crippen LogP contribution in [0.5, 0.6) is 0 Å². The Kier molecular flexibility index (Phi) is 4.56. The van der Waals surface area contributed by atoms with Crippen LogP contribution in [0.2, 0.25) is 0 Å². The van der Waals surface area contributed by atoms with Crippen molar-refractivity contribution in [2.45, 2.75) is 5.73 Å². The highest BCUT2D eigenvalue weighted by molar-refractivity contribution is 7.12. The number of hydrogen-bond acceptors (Lipinski definition) is 2. The molecule has 3 heteroatoms. The molecule has 0 aliphatic heterocycles. The molecule has 1 N–H and O–H groups in total. The topological polar surface area (TPSA) is 33.4 Å². The Morgan fingerprint density at radius 2 is 1.00 bits per heavy atom. The van der Waals surface area contributed by atoms with Crippen molar-refractivity contribution in [3.05, 3.63) is 115 Å². The van der Waals surface area contributed by atoms with Gasteiger partial charge in [-0.2, -0.15) is 0 Å². The van der Waals surface area contributed by atoms with E-state index in [1.807, 2.05) is 66.7 Å². The lowest BCUT2D eigenvalue weighted by molar-refractivity contribution is 0.221. The molecule has 0 saturated carbocycles. The van der Waals surface area contributed by atoms with E-state index >= 15 is 0 Å². The highest BCUT2D eigenvalue weighted by Gasteiger charge is 2.47. The first-order chi connectivity index (χ1) is 12.8. The zero-order valence-corrected chi connectivity index (χ0v) is 15.3. The number of aliphatic hydroxyl groups excluding tert-OH is 1. The van der Waals surface area contributed by atoms with Gasteiger partial charge in [0.15, 0.2) is 8.07 Å². The van der Waals surface area contributed by atoms with Crippen LogP contribution >= 0.6 is 0 Å². The Morgan fingerprint density at radius 3 is 1.35 bits per heavy atom. The van der Waals surface area contributed by atoms with Crippen LogP contribution in [-0.2, 0) is 0 Å². The minimum absolute atomic E-state index is 0.605. The fraction of sp³-hybridized carbons (Fsp3) is 0.0435. The van der Waals surface area contributed by atoms with E-state index < -0.39 is 13.8 Å². The molecule has 0 spiro atoms. The second kappa shape index (κ2) is 7.16. The van der Waals surface area contributed by atoms with Crippen LogP contribution in [0.3, 0.4) is 0 Å². The lowest BCUT2D eigenvalue weighted by Gasteiger charge is -2.36. The van der Waals surface area contributed by atoms with Crippen molar-refractivity contribution in [3.8, 4) is 0 Å². The van der Waals surface area contributed by atoms with E-state index in [1.54, 1.807) is 6.26 Å². The van der Waals surface area contributed by atoms with Crippen molar-refractivity contribution < 1.29 is 9.52 Å². The zero-order valence-electron chi connectivity index (χ0n) is 14.3. The van der Waals surface area contributed by atoms with Crippen molar-refractivity contribution in [1.82, 2.24) is 0 Å². The zero-order chi connectivity index (χ0) is 17.8. The summed E-state index contributed by atoms with van der Waals surface area (Å²) in [4.78, 5) is 0. The average Bonchev–Trinajstić information content (AvgIpc) is 3.26. The first-order valence-electron chi connectivity index (χ1n) is 8.71. The molecule has 0 aliphatic carbocycles. The fourth-order valence-electron chi connectivity index (χ4n) is 3.74. The van der Waals surface area contributed by atoms with Gasteiger partial charge in [-0.3, -0.25) is 0 Å². The second-order valence-electron chi connectivity index (χ2n) is 6.32. The fourth-order valence-corrected chi connectivity index (χ4v) is 8.43. The summed E-state index contributed by atoms with van der Waals surface area (Å²) in [6.45, 7) is 0. The Morgan fingerprint density at radius 1 is 0.577 bits per heavy atom. The van der Waals surface area contributed by atoms with Gasteiger partial charge in [-0.15, -0.1) is 0 Å². The molecule has 26 heavy (non-hydrogen) atoms. The summed E-state index contributed by atoms with van der Waals surface area (Å²) in [5, 5.41) is 15.1. The maximum absolute atomic E-state index is 11.6. The van der Waals surface area contributed by atoms with Gasteiger partial charge in [0.2, 0.25) is 0 Å². The Hall–Kier alpha value is -2.88. The van der Waals surface area contributed by atoms with Crippen LogP contribution in [-0.4, -0.2) is 13.2 Å². The van der Waals surface area contributed by atoms with Crippen LogP contribution in [0, 0.1) is 0 Å². The van der Waals surface area contributed by atoms with E-state index in [4.69, 9.17) is 4.42 Å². The molecule has 1 heterocycles. The maximum atomic E-state index is 11.6. The summed E-state index contributed by atoms with van der Waals surface area (Å²) in [6, 6.07) is 34.7. The van der Waals surface area contributed by atoms with Crippen molar-refractivity contribution in [2.75, 3.05) is 0 Å². The molecule has 0 amide bonds. The number of rotatable bonds is 5. The van der Waals surface area contributed by atoms with Crippen LogP contribution in [0.4, 0.5) is 0 Å². The number of aliphatic hydroxyl groups is 1. The molecule has 2 nitrogen and oxygen atoms in total. The molecule has 4 aromatic rings. The molecule has 0 saturated heterocycles. The highest BCUT2D eigenvalue weighted by Crippen LogP contribution is 2.25. The normalized spacial score (nSPS) is 12.7. The molecule has 4 rings (SSSR count). The van der Waals surface area contributed by atoms with E-state index in [-0.39, 0.29) is 0 Å². The smallest absolute Gasteiger partial charge is 0.188 e. The predicted octanol–water partition coefficient (Wildman–Crippen LogP) is 3.02. The van der Waals surface area contributed by atoms with Gasteiger partial charge in [0.25, 0.3) is 0 Å². The van der Waals surface area contributed by atoms with Gasteiger partial charge >= 0.3 is 0 Å². The number of hydrogen-bond donors (Lipinski definition) is 1. The van der Waals surface area contributed by atoms with Gasteiger partial charge in [0.1, 0.15) is 11.5 Å². The predicted molar refractivity (Wildman–Crippen MR) is 108 cm³/mol. The SMILES string of the molecule is O[C@@H](c1ccco1)[Si](c1ccccc1)(c1ccccc1)c1ccccc1. The molecular weight excluding hydrogens is 336 g/mol. The van der Waals surface area contributed by atoms with Crippen LogP contribution < -0.4 is 15.6 Å². The largest absolute Gasteiger partial charge is 0.467 e. The summed E-state index contributed by atoms with van der Waals surface area (Å²) < 4.78 is 5.65. The molecule has 3 aromatic carbocycles. The van der Waals surface area contributed by atoms with E-state index in [0.717, 1.165) is 15.6 Å². The van der Waals surface area contributed by atoms with Crippen molar-refractivity contribution in [2.24, 2.45) is 0 Å². The van der Waals surface area contributed by atoms with Gasteiger partial charge in [-0.05, 0) is 27.7 Å². The number of benzene rings is 3. The molecule has 0 aliphatic rings. The van der Waals surface area contributed by atoms with Crippen molar-refractivity contribution in [3.63, 3.8) is 0 Å². The van der Waals surface area contributed by atoms with E-state index in [9.17, 15) is 5.11 Å². The second-order valence-corrected chi connectivity index (χ2v) is 10.2. The first-order valence-corrected chi connectivity index (χ1v) is 10.8. The summed E-state index contributed by atoms with van der Waals surface area (Å²) in [5.41, 5.74) is -0.732. The van der Waals surface area contributed by atoms with Gasteiger partial charge in [0, 0.05) is 0 Å². The molecule has 1 atom stereocenters. The van der Waals surface area contributed by atoms with Gasteiger partial charge in [-0.1, -0.05) is 91.0 Å². The standard InChI is InChI=1S/C23H20O2Si/c24-23(22-17-10-18-25-22)26(19-11-4-1-5-12-19,20-13-6-2-7-14-20)21-15-8-3-9-16-21/h1-18,23-24H/t23-/m1/s1. The molecular formula is C23H20O2Si. The highest BCUT2D eigenvalue weighted by atomic mass is 28.3. The minimum atomic E-state index is -2.77. The molecule has 0 bridgehead atoms. The van der Waals surface area contributed by atoms with Gasteiger partial charge < -0.3 is 9.52 Å². The molecule has 0 radical (unpaired) electrons. The molecule has 128 valence electrons. The van der Waals surface area contributed by atoms with Gasteiger partial charge in [0.05, 0.1) is 6.26 Å². The molecule has 1 aromatic heterocycles. The van der Waals surface area contributed by atoms with E-state index in [1.165, 1.54) is 0 Å². The average molecular weight is 356 g/mol. The number of furan rings is 1. The molecule has 0 fully saturated rings. The summed E-state index contributed by atoms with van der Waals surface area (Å²) in [6.07, 6.45) is 1.62. The Bertz CT molecular complexity index is 839. The van der Waals surface area contributed by atoms with Crippen molar-refractivity contribution in [1.29, 1.82) is 0 Å². The maximum Gasteiger partial charge on any atom is 0.188 e. The third-order valence-electron chi connectivity index (χ3n) is 4.91. The van der Waals surface area contributed by atoms with Gasteiger partial charge in [-0.25, -0.2) is 0 Å². The Labute approximate surface area is 154 Å². The first kappa shape index (κ1) is 16.6. The Balaban J connectivity index is 2.07. The van der Waals surface area contributed by atoms with E-state index in [0.29, 0.717) is 5.76 Å². The van der Waals surface area contributed by atoms with Crippen molar-refractivity contribution >= 4 is 23.6 Å². The lowest BCUT2D eigenvalue weighted by Crippen LogP contribution is -2.70.